The minimum absolute atomic E-state index is 0.0398. The molecule has 3 aromatic rings. The van der Waals surface area contributed by atoms with Gasteiger partial charge >= 0.3 is 5.97 Å². The van der Waals surface area contributed by atoms with Crippen LogP contribution in [0.2, 0.25) is 4.34 Å². The number of halogens is 1. The average Bonchev–Trinajstić information content (AvgIpc) is 3.22. The van der Waals surface area contributed by atoms with Crippen molar-refractivity contribution in [2.24, 2.45) is 0 Å². The number of thiophene rings is 1. The Kier molecular flexibility index (Phi) is 4.54. The molecule has 1 aromatic carbocycles. The van der Waals surface area contributed by atoms with Crippen molar-refractivity contribution >= 4 is 34.6 Å². The number of nitrogens with zero attached hydrogens (tertiary/aromatic N) is 3. The van der Waals surface area contributed by atoms with Gasteiger partial charge in [0.15, 0.2) is 6.61 Å². The molecule has 0 aliphatic rings. The fraction of sp³-hybridized carbons (Fsp3) is 0.0714. The van der Waals surface area contributed by atoms with E-state index in [2.05, 4.69) is 10.2 Å². The number of aromatic nitrogens is 2. The summed E-state index contributed by atoms with van der Waals surface area (Å²) < 4.78 is 10.9. The second-order valence-electron chi connectivity index (χ2n) is 4.48. The molecule has 8 nitrogen and oxygen atoms in total. The maximum absolute atomic E-state index is 11.8. The van der Waals surface area contributed by atoms with Gasteiger partial charge in [-0.3, -0.25) is 10.1 Å². The quantitative estimate of drug-likeness (QED) is 0.385. The van der Waals surface area contributed by atoms with E-state index in [9.17, 15) is 14.9 Å². The van der Waals surface area contributed by atoms with Gasteiger partial charge in [-0.2, -0.15) is 0 Å². The van der Waals surface area contributed by atoms with Crippen LogP contribution in [-0.2, 0) is 11.3 Å². The molecule has 24 heavy (non-hydrogen) atoms. The summed E-state index contributed by atoms with van der Waals surface area (Å²) in [7, 11) is 0. The molecule has 0 N–H and O–H groups in total. The molecule has 0 saturated carbocycles. The van der Waals surface area contributed by atoms with E-state index < -0.39 is 10.9 Å². The van der Waals surface area contributed by atoms with Gasteiger partial charge in [0.05, 0.1) is 9.26 Å². The van der Waals surface area contributed by atoms with Crippen molar-refractivity contribution in [1.82, 2.24) is 10.2 Å². The Labute approximate surface area is 143 Å². The molecule has 2 heterocycles. The minimum Gasteiger partial charge on any atom is -0.451 e. The van der Waals surface area contributed by atoms with Crippen LogP contribution in [0.25, 0.3) is 11.5 Å². The summed E-state index contributed by atoms with van der Waals surface area (Å²) in [4.78, 5) is 22.3. The minimum atomic E-state index is -0.540. The Balaban J connectivity index is 1.65. The summed E-state index contributed by atoms with van der Waals surface area (Å²) in [6, 6.07) is 8.82. The third-order valence-corrected chi connectivity index (χ3v) is 4.10. The third kappa shape index (κ3) is 3.58. The lowest BCUT2D eigenvalue weighted by molar-refractivity contribution is -0.384. The smallest absolute Gasteiger partial charge is 0.348 e. The van der Waals surface area contributed by atoms with Crippen LogP contribution < -0.4 is 0 Å². The predicted octanol–water partition coefficient (Wildman–Crippen LogP) is 3.72. The van der Waals surface area contributed by atoms with Gasteiger partial charge in [-0.25, -0.2) is 4.79 Å². The molecule has 0 aliphatic heterocycles. The maximum Gasteiger partial charge on any atom is 0.348 e. The molecule has 0 unspecified atom stereocenters. The third-order valence-electron chi connectivity index (χ3n) is 2.89. The highest BCUT2D eigenvalue weighted by Gasteiger charge is 2.14. The van der Waals surface area contributed by atoms with Crippen LogP contribution in [0.1, 0.15) is 15.6 Å². The van der Waals surface area contributed by atoms with E-state index in [1.165, 1.54) is 24.3 Å². The first-order chi connectivity index (χ1) is 11.5. The number of carbonyl (C=O) groups is 1. The van der Waals surface area contributed by atoms with E-state index in [1.807, 2.05) is 0 Å². The van der Waals surface area contributed by atoms with Gasteiger partial charge in [-0.1, -0.05) is 11.6 Å². The number of benzene rings is 1. The molecule has 0 fully saturated rings. The van der Waals surface area contributed by atoms with E-state index >= 15 is 0 Å². The zero-order valence-electron chi connectivity index (χ0n) is 11.8. The number of nitro groups is 1. The van der Waals surface area contributed by atoms with Gasteiger partial charge in [-0.05, 0) is 24.3 Å². The maximum atomic E-state index is 11.8. The van der Waals surface area contributed by atoms with Crippen LogP contribution in [0.5, 0.6) is 0 Å². The largest absolute Gasteiger partial charge is 0.451 e. The van der Waals surface area contributed by atoms with Crippen molar-refractivity contribution in [1.29, 1.82) is 0 Å². The molecular formula is C14H8ClN3O5S. The molecule has 0 amide bonds. The van der Waals surface area contributed by atoms with Crippen LogP contribution in [0, 0.1) is 10.1 Å². The summed E-state index contributed by atoms with van der Waals surface area (Å²) in [6.45, 7) is -0.186. The van der Waals surface area contributed by atoms with Crippen molar-refractivity contribution in [3.8, 4) is 11.5 Å². The van der Waals surface area contributed by atoms with Crippen LogP contribution >= 0.6 is 22.9 Å². The fourth-order valence-electron chi connectivity index (χ4n) is 1.78. The number of rotatable bonds is 5. The lowest BCUT2D eigenvalue weighted by atomic mass is 10.2. The molecule has 2 aromatic heterocycles. The SMILES string of the molecule is O=C(OCc1nnc(-c2ccc([N+](=O)[O-])cc2)o1)c1ccc(Cl)s1. The molecule has 10 heteroatoms. The highest BCUT2D eigenvalue weighted by atomic mass is 35.5. The first-order valence-corrected chi connectivity index (χ1v) is 7.72. The van der Waals surface area contributed by atoms with E-state index in [4.69, 9.17) is 20.8 Å². The number of non-ortho nitro benzene ring substituents is 1. The molecule has 122 valence electrons. The van der Waals surface area contributed by atoms with Gasteiger partial charge in [-0.15, -0.1) is 21.5 Å². The molecule has 0 atom stereocenters. The number of esters is 1. The predicted molar refractivity (Wildman–Crippen MR) is 84.8 cm³/mol. The van der Waals surface area contributed by atoms with Crippen molar-refractivity contribution in [2.75, 3.05) is 0 Å². The number of carbonyl (C=O) groups excluding carboxylic acids is 1. The summed E-state index contributed by atoms with van der Waals surface area (Å²) in [5, 5.41) is 18.2. The summed E-state index contributed by atoms with van der Waals surface area (Å²) >= 11 is 6.86. The second-order valence-corrected chi connectivity index (χ2v) is 6.20. The summed E-state index contributed by atoms with van der Waals surface area (Å²) in [5.74, 6) is -0.253. The van der Waals surface area contributed by atoms with Gasteiger partial charge in [0.1, 0.15) is 4.88 Å². The van der Waals surface area contributed by atoms with Crippen molar-refractivity contribution in [3.63, 3.8) is 0 Å². The Morgan fingerprint density at radius 3 is 2.62 bits per heavy atom. The molecule has 0 spiro atoms. The standard InChI is InChI=1S/C14H8ClN3O5S/c15-11-6-5-10(24-11)14(19)22-7-12-16-17-13(23-12)8-1-3-9(4-2-8)18(20)21/h1-6H,7H2. The first-order valence-electron chi connectivity index (χ1n) is 6.52. The molecule has 0 bridgehead atoms. The van der Waals surface area contributed by atoms with Crippen LogP contribution in [0.15, 0.2) is 40.8 Å². The number of nitro benzene ring substituents is 1. The monoisotopic (exact) mass is 365 g/mol. The van der Waals surface area contributed by atoms with Gasteiger partial charge in [0, 0.05) is 17.7 Å². The van der Waals surface area contributed by atoms with Crippen LogP contribution in [0.3, 0.4) is 0 Å². The summed E-state index contributed by atoms with van der Waals surface area (Å²) in [6.07, 6.45) is 0. The molecule has 0 radical (unpaired) electrons. The number of hydrogen-bond donors (Lipinski definition) is 0. The van der Waals surface area contributed by atoms with Crippen molar-refractivity contribution in [3.05, 3.63) is 61.6 Å². The van der Waals surface area contributed by atoms with Crippen LogP contribution in [0.4, 0.5) is 5.69 Å². The fourth-order valence-corrected chi connectivity index (χ4v) is 2.71. The highest BCUT2D eigenvalue weighted by Crippen LogP contribution is 2.23. The van der Waals surface area contributed by atoms with Gasteiger partial charge < -0.3 is 9.15 Å². The number of ether oxygens (including phenoxy) is 1. The summed E-state index contributed by atoms with van der Waals surface area (Å²) in [5.41, 5.74) is 0.484. The molecule has 0 saturated heterocycles. The highest BCUT2D eigenvalue weighted by molar-refractivity contribution is 7.17. The zero-order valence-corrected chi connectivity index (χ0v) is 13.4. The Morgan fingerprint density at radius 2 is 2.00 bits per heavy atom. The second kappa shape index (κ2) is 6.77. The Hall–Kier alpha value is -2.78. The zero-order chi connectivity index (χ0) is 17.1. The van der Waals surface area contributed by atoms with E-state index in [0.717, 1.165) is 11.3 Å². The normalized spacial score (nSPS) is 10.5. The lowest BCUT2D eigenvalue weighted by Gasteiger charge is -1.98. The molecular weight excluding hydrogens is 358 g/mol. The van der Waals surface area contributed by atoms with Crippen LogP contribution in [-0.4, -0.2) is 21.1 Å². The lowest BCUT2D eigenvalue weighted by Crippen LogP contribution is -2.03. The number of hydrogen-bond acceptors (Lipinski definition) is 8. The van der Waals surface area contributed by atoms with Gasteiger partial charge in [0.2, 0.25) is 5.89 Å². The molecule has 3 rings (SSSR count). The molecule has 0 aliphatic carbocycles. The van der Waals surface area contributed by atoms with E-state index in [1.54, 1.807) is 12.1 Å². The Bertz CT molecular complexity index is 890. The van der Waals surface area contributed by atoms with Crippen molar-refractivity contribution < 1.29 is 18.9 Å². The van der Waals surface area contributed by atoms with Gasteiger partial charge in [0.25, 0.3) is 11.6 Å². The first kappa shape index (κ1) is 16.1. The van der Waals surface area contributed by atoms with E-state index in [0.29, 0.717) is 14.8 Å². The topological polar surface area (TPSA) is 108 Å². The Morgan fingerprint density at radius 1 is 1.25 bits per heavy atom. The van der Waals surface area contributed by atoms with Crippen molar-refractivity contribution in [2.45, 2.75) is 6.61 Å². The average molecular weight is 366 g/mol. The van der Waals surface area contributed by atoms with E-state index in [-0.39, 0.29) is 24.1 Å².